The lowest BCUT2D eigenvalue weighted by atomic mass is 10.1. The number of nitrogens with two attached hydrogens (primary N) is 1. The van der Waals surface area contributed by atoms with E-state index >= 15 is 0 Å². The van der Waals surface area contributed by atoms with Crippen LogP contribution in [-0.4, -0.2) is 26.1 Å². The monoisotopic (exact) mass is 714 g/mol. The third-order valence-corrected chi connectivity index (χ3v) is 9.46. The van der Waals surface area contributed by atoms with E-state index in [9.17, 15) is 27.2 Å². The van der Waals surface area contributed by atoms with E-state index in [0.29, 0.717) is 21.8 Å². The lowest BCUT2D eigenvalue weighted by Gasteiger charge is -2.18. The molecule has 0 bridgehead atoms. The second-order valence-electron chi connectivity index (χ2n) is 10.5. The Kier molecular flexibility index (Phi) is 11.3. The van der Waals surface area contributed by atoms with Crippen LogP contribution in [0.15, 0.2) is 143 Å². The highest BCUT2D eigenvalue weighted by atomic mass is 35.5. The van der Waals surface area contributed by atoms with Gasteiger partial charge in [-0.3, -0.25) is 14.4 Å². The zero-order chi connectivity index (χ0) is 35.0. The summed E-state index contributed by atoms with van der Waals surface area (Å²) in [6, 6.07) is 33.5. The number of primary sulfonamides is 1. The van der Waals surface area contributed by atoms with Crippen LogP contribution in [0.1, 0.15) is 26.7 Å². The molecule has 49 heavy (non-hydrogen) atoms. The van der Waals surface area contributed by atoms with Crippen LogP contribution in [0.3, 0.4) is 0 Å². The lowest BCUT2D eigenvalue weighted by Crippen LogP contribution is -2.30. The van der Waals surface area contributed by atoms with E-state index in [0.717, 1.165) is 6.08 Å². The molecule has 248 valence electrons. The molecule has 1 atom stereocenters. The number of anilines is 2. The fraction of sp³-hybridized carbons (Fsp3) is 0.0278. The van der Waals surface area contributed by atoms with Crippen LogP contribution in [0.2, 0.25) is 5.02 Å². The number of amides is 3. The predicted molar refractivity (Wildman–Crippen MR) is 190 cm³/mol. The van der Waals surface area contributed by atoms with Crippen molar-refractivity contribution in [3.8, 4) is 0 Å². The number of benzene rings is 5. The Morgan fingerprint density at radius 2 is 1.43 bits per heavy atom. The first kappa shape index (κ1) is 35.0. The molecule has 0 saturated heterocycles. The van der Waals surface area contributed by atoms with Crippen molar-refractivity contribution in [2.45, 2.75) is 15.0 Å². The van der Waals surface area contributed by atoms with Crippen molar-refractivity contribution in [3.63, 3.8) is 0 Å². The second kappa shape index (κ2) is 15.8. The van der Waals surface area contributed by atoms with E-state index in [-0.39, 0.29) is 32.6 Å². The van der Waals surface area contributed by atoms with Gasteiger partial charge in [-0.25, -0.2) is 17.9 Å². The van der Waals surface area contributed by atoms with Gasteiger partial charge in [-0.15, -0.1) is 11.8 Å². The van der Waals surface area contributed by atoms with Gasteiger partial charge in [0, 0.05) is 27.4 Å². The van der Waals surface area contributed by atoms with Gasteiger partial charge in [-0.2, -0.15) is 0 Å². The van der Waals surface area contributed by atoms with Crippen LogP contribution in [0.4, 0.5) is 15.8 Å². The molecule has 5 N–H and O–H groups in total. The summed E-state index contributed by atoms with van der Waals surface area (Å²) in [7, 11) is -3.90. The maximum atomic E-state index is 14.7. The number of sulfonamides is 1. The molecule has 5 aromatic rings. The Balaban J connectivity index is 1.39. The Labute approximate surface area is 291 Å². The third kappa shape index (κ3) is 9.42. The molecule has 0 aliphatic heterocycles. The van der Waals surface area contributed by atoms with Crippen molar-refractivity contribution in [1.29, 1.82) is 0 Å². The Morgan fingerprint density at radius 1 is 0.776 bits per heavy atom. The van der Waals surface area contributed by atoms with Gasteiger partial charge in [0.15, 0.2) is 0 Å². The van der Waals surface area contributed by atoms with Crippen LogP contribution in [0.25, 0.3) is 6.08 Å². The molecule has 0 heterocycles. The number of thioether (sulfide) groups is 1. The fourth-order valence-electron chi connectivity index (χ4n) is 4.55. The van der Waals surface area contributed by atoms with Crippen molar-refractivity contribution in [2.75, 3.05) is 10.6 Å². The topological polar surface area (TPSA) is 147 Å². The molecule has 9 nitrogen and oxygen atoms in total. The van der Waals surface area contributed by atoms with E-state index in [1.54, 1.807) is 78.9 Å². The van der Waals surface area contributed by atoms with Gasteiger partial charge in [0.1, 0.15) is 16.8 Å². The van der Waals surface area contributed by atoms with Crippen molar-refractivity contribution >= 4 is 68.6 Å². The van der Waals surface area contributed by atoms with E-state index < -0.39 is 32.9 Å². The minimum absolute atomic E-state index is 0.0447. The zero-order valence-electron chi connectivity index (χ0n) is 25.5. The molecule has 0 aliphatic carbocycles. The number of hydrogen-bond donors (Lipinski definition) is 4. The van der Waals surface area contributed by atoms with E-state index in [4.69, 9.17) is 16.7 Å². The molecule has 5 aromatic carbocycles. The molecule has 1 unspecified atom stereocenters. The van der Waals surface area contributed by atoms with Gasteiger partial charge in [0.25, 0.3) is 11.8 Å². The lowest BCUT2D eigenvalue weighted by molar-refractivity contribution is -0.116. The van der Waals surface area contributed by atoms with Crippen LogP contribution in [0, 0.1) is 5.82 Å². The van der Waals surface area contributed by atoms with Crippen molar-refractivity contribution in [2.24, 2.45) is 5.14 Å². The Bertz CT molecular complexity index is 2110. The molecule has 0 radical (unpaired) electrons. The number of nitrogens with one attached hydrogen (secondary N) is 3. The van der Waals surface area contributed by atoms with Gasteiger partial charge in [0.05, 0.1) is 9.92 Å². The molecule has 0 aliphatic rings. The maximum Gasteiger partial charge on any atom is 0.272 e. The molecule has 0 aromatic heterocycles. The van der Waals surface area contributed by atoms with Crippen LogP contribution < -0.4 is 21.1 Å². The maximum absolute atomic E-state index is 14.7. The highest BCUT2D eigenvalue weighted by molar-refractivity contribution is 8.00. The first-order valence-corrected chi connectivity index (χ1v) is 17.4. The molecule has 0 spiro atoms. The molecular formula is C36H28ClFN4O5S2. The summed E-state index contributed by atoms with van der Waals surface area (Å²) >= 11 is 7.43. The predicted octanol–water partition coefficient (Wildman–Crippen LogP) is 7.01. The van der Waals surface area contributed by atoms with E-state index in [2.05, 4.69) is 16.0 Å². The van der Waals surface area contributed by atoms with E-state index in [1.165, 1.54) is 54.2 Å². The first-order chi connectivity index (χ1) is 23.5. The number of halogens is 2. The van der Waals surface area contributed by atoms with E-state index in [1.807, 2.05) is 6.07 Å². The average molecular weight is 715 g/mol. The number of carbonyl (C=O) groups excluding carboxylic acids is 3. The normalized spacial score (nSPS) is 12.1. The van der Waals surface area contributed by atoms with Crippen molar-refractivity contribution in [3.05, 3.63) is 161 Å². The number of carbonyl (C=O) groups is 3. The largest absolute Gasteiger partial charge is 0.325 e. The molecule has 0 saturated carbocycles. The van der Waals surface area contributed by atoms with Crippen LogP contribution in [0.5, 0.6) is 0 Å². The Morgan fingerprint density at radius 3 is 2.08 bits per heavy atom. The molecule has 13 heteroatoms. The summed E-state index contributed by atoms with van der Waals surface area (Å²) < 4.78 is 38.0. The first-order valence-electron chi connectivity index (χ1n) is 14.6. The third-order valence-electron chi connectivity index (χ3n) is 6.95. The van der Waals surface area contributed by atoms with Gasteiger partial charge in [0.2, 0.25) is 15.9 Å². The van der Waals surface area contributed by atoms with Gasteiger partial charge in [-0.1, -0.05) is 72.3 Å². The average Bonchev–Trinajstić information content (AvgIpc) is 3.09. The van der Waals surface area contributed by atoms with Crippen molar-refractivity contribution in [1.82, 2.24) is 5.32 Å². The summed E-state index contributed by atoms with van der Waals surface area (Å²) in [6.07, 6.45) is 1.16. The summed E-state index contributed by atoms with van der Waals surface area (Å²) in [5, 5.41) is 12.6. The minimum atomic E-state index is -3.90. The second-order valence-corrected chi connectivity index (χ2v) is 13.6. The zero-order valence-corrected chi connectivity index (χ0v) is 27.9. The summed E-state index contributed by atoms with van der Waals surface area (Å²) in [5.74, 6) is -2.40. The highest BCUT2D eigenvalue weighted by Crippen LogP contribution is 2.37. The smallest absolute Gasteiger partial charge is 0.272 e. The summed E-state index contributed by atoms with van der Waals surface area (Å²) in [6.45, 7) is 0. The quantitative estimate of drug-likeness (QED) is 0.0855. The highest BCUT2D eigenvalue weighted by Gasteiger charge is 2.23. The number of hydrogen-bond acceptors (Lipinski definition) is 6. The standard InChI is InChI=1S/C36H28ClFN4O5S2/c37-30-15-8-16-31(38)29(30)22-32(42-34(43)24-11-5-2-6-12-24)35(44)41-26-13-7-14-27(21-26)48-33(23-9-3-1-4-10-23)36(45)40-25-17-19-28(20-18-25)49(39,46)47/h1-22,33H,(H,40,45)(H,41,44)(H,42,43)(H2,39,46,47)/b32-22+. The number of rotatable bonds is 11. The van der Waals surface area contributed by atoms with Crippen LogP contribution in [-0.2, 0) is 19.6 Å². The molecule has 5 rings (SSSR count). The van der Waals surface area contributed by atoms with Gasteiger partial charge >= 0.3 is 0 Å². The minimum Gasteiger partial charge on any atom is -0.325 e. The van der Waals surface area contributed by atoms with Crippen LogP contribution >= 0.6 is 23.4 Å². The molecular weight excluding hydrogens is 687 g/mol. The SMILES string of the molecule is NS(=O)(=O)c1ccc(NC(=O)C(Sc2cccc(NC(=O)/C(=C\c3c(F)cccc3Cl)NC(=O)c3ccccc3)c2)c2ccccc2)cc1. The fourth-order valence-corrected chi connectivity index (χ4v) is 6.37. The molecule has 3 amide bonds. The summed E-state index contributed by atoms with van der Waals surface area (Å²) in [5.41, 5.74) is 1.34. The molecule has 0 fully saturated rings. The summed E-state index contributed by atoms with van der Waals surface area (Å²) in [4.78, 5) is 40.7. The van der Waals surface area contributed by atoms with Gasteiger partial charge < -0.3 is 16.0 Å². The van der Waals surface area contributed by atoms with Crippen molar-refractivity contribution < 1.29 is 27.2 Å². The Hall–Kier alpha value is -5.27. The van der Waals surface area contributed by atoms with Gasteiger partial charge in [-0.05, 0) is 78.4 Å².